The second kappa shape index (κ2) is 7.61. The highest BCUT2D eigenvalue weighted by molar-refractivity contribution is 6.32. The van der Waals surface area contributed by atoms with Crippen LogP contribution in [0.1, 0.15) is 19.3 Å². The van der Waals surface area contributed by atoms with Crippen LogP contribution in [0.25, 0.3) is 0 Å². The van der Waals surface area contributed by atoms with Crippen molar-refractivity contribution in [3.05, 3.63) is 21.7 Å². The second-order valence-corrected chi connectivity index (χ2v) is 5.29. The van der Waals surface area contributed by atoms with Crippen LogP contribution >= 0.6 is 11.6 Å². The standard InChI is InChI=1S/C13H21ClN4O2/c1-20-7-5-15-8-10-4-2-3-6-18(10)12-11(14)13(19)17-9-16-12/h9-10,15H,2-8H2,1H3,(H,16,17,19). The molecular formula is C13H21ClN4O2. The molecule has 2 heterocycles. The summed E-state index contributed by atoms with van der Waals surface area (Å²) in [7, 11) is 1.69. The molecule has 0 amide bonds. The van der Waals surface area contributed by atoms with Gasteiger partial charge in [0.05, 0.1) is 12.9 Å². The molecule has 1 aromatic heterocycles. The van der Waals surface area contributed by atoms with E-state index in [1.807, 2.05) is 0 Å². The van der Waals surface area contributed by atoms with Crippen LogP contribution in [0.2, 0.25) is 5.02 Å². The number of H-pyrrole nitrogens is 1. The van der Waals surface area contributed by atoms with Crippen molar-refractivity contribution in [2.75, 3.05) is 38.3 Å². The van der Waals surface area contributed by atoms with E-state index >= 15 is 0 Å². The first kappa shape index (κ1) is 15.3. The first-order valence-corrected chi connectivity index (χ1v) is 7.31. The van der Waals surface area contributed by atoms with Crippen LogP contribution in [0.3, 0.4) is 0 Å². The highest BCUT2D eigenvalue weighted by Crippen LogP contribution is 2.26. The van der Waals surface area contributed by atoms with E-state index in [4.69, 9.17) is 16.3 Å². The van der Waals surface area contributed by atoms with Crippen molar-refractivity contribution < 1.29 is 4.74 Å². The molecule has 0 aliphatic carbocycles. The number of aromatic amines is 1. The molecule has 1 saturated heterocycles. The number of nitrogens with zero attached hydrogens (tertiary/aromatic N) is 2. The van der Waals surface area contributed by atoms with Gasteiger partial charge in [0.15, 0.2) is 5.82 Å². The number of nitrogens with one attached hydrogen (secondary N) is 2. The van der Waals surface area contributed by atoms with Crippen molar-refractivity contribution in [3.8, 4) is 0 Å². The summed E-state index contributed by atoms with van der Waals surface area (Å²) in [5.41, 5.74) is -0.284. The summed E-state index contributed by atoms with van der Waals surface area (Å²) in [5, 5.41) is 3.54. The Morgan fingerprint density at radius 2 is 2.45 bits per heavy atom. The highest BCUT2D eigenvalue weighted by Gasteiger charge is 2.25. The predicted octanol–water partition coefficient (Wildman–Crippen LogP) is 1.02. The maximum atomic E-state index is 11.6. The highest BCUT2D eigenvalue weighted by atomic mass is 35.5. The first-order chi connectivity index (χ1) is 9.74. The van der Waals surface area contributed by atoms with E-state index in [2.05, 4.69) is 20.2 Å². The molecule has 1 atom stereocenters. The third-order valence-electron chi connectivity index (χ3n) is 3.54. The van der Waals surface area contributed by atoms with Crippen LogP contribution < -0.4 is 15.8 Å². The van der Waals surface area contributed by atoms with E-state index in [9.17, 15) is 4.79 Å². The molecule has 2 N–H and O–H groups in total. The second-order valence-electron chi connectivity index (χ2n) is 4.91. The van der Waals surface area contributed by atoms with Crippen molar-refractivity contribution in [1.29, 1.82) is 0 Å². The minimum Gasteiger partial charge on any atom is -0.383 e. The van der Waals surface area contributed by atoms with E-state index in [0.717, 1.165) is 32.5 Å². The molecule has 1 aromatic rings. The van der Waals surface area contributed by atoms with Gasteiger partial charge in [0.25, 0.3) is 5.56 Å². The summed E-state index contributed by atoms with van der Waals surface area (Å²) in [5.74, 6) is 0.591. The normalized spacial score (nSPS) is 19.3. The third kappa shape index (κ3) is 3.71. The lowest BCUT2D eigenvalue weighted by Crippen LogP contribution is -2.47. The number of ether oxygens (including phenoxy) is 1. The van der Waals surface area contributed by atoms with Crippen LogP contribution in [0.5, 0.6) is 0 Å². The van der Waals surface area contributed by atoms with Crippen molar-refractivity contribution in [1.82, 2.24) is 15.3 Å². The molecule has 0 saturated carbocycles. The Kier molecular flexibility index (Phi) is 5.82. The van der Waals surface area contributed by atoms with E-state index in [1.165, 1.54) is 12.7 Å². The van der Waals surface area contributed by atoms with E-state index in [-0.39, 0.29) is 10.6 Å². The van der Waals surface area contributed by atoms with Gasteiger partial charge in [-0.15, -0.1) is 0 Å². The minimum atomic E-state index is -0.284. The van der Waals surface area contributed by atoms with Crippen LogP contribution in [0.4, 0.5) is 5.82 Å². The van der Waals surface area contributed by atoms with Crippen LogP contribution in [0.15, 0.2) is 11.1 Å². The quantitative estimate of drug-likeness (QED) is 0.768. The fourth-order valence-corrected chi connectivity index (χ4v) is 2.72. The number of rotatable bonds is 6. The lowest BCUT2D eigenvalue weighted by atomic mass is 10.0. The van der Waals surface area contributed by atoms with Gasteiger partial charge in [0.2, 0.25) is 0 Å². The monoisotopic (exact) mass is 300 g/mol. The zero-order valence-corrected chi connectivity index (χ0v) is 12.4. The summed E-state index contributed by atoms with van der Waals surface area (Å²) < 4.78 is 5.02. The molecule has 1 unspecified atom stereocenters. The van der Waals surface area contributed by atoms with Crippen LogP contribution in [0, 0.1) is 0 Å². The van der Waals surface area contributed by atoms with Gasteiger partial charge in [-0.3, -0.25) is 4.79 Å². The van der Waals surface area contributed by atoms with Crippen molar-refractivity contribution in [3.63, 3.8) is 0 Å². The lowest BCUT2D eigenvalue weighted by Gasteiger charge is -2.37. The first-order valence-electron chi connectivity index (χ1n) is 6.93. The largest absolute Gasteiger partial charge is 0.383 e. The smallest absolute Gasteiger partial charge is 0.271 e. The zero-order valence-electron chi connectivity index (χ0n) is 11.7. The van der Waals surface area contributed by atoms with Gasteiger partial charge < -0.3 is 19.9 Å². The van der Waals surface area contributed by atoms with Gasteiger partial charge in [-0.1, -0.05) is 11.6 Å². The summed E-state index contributed by atoms with van der Waals surface area (Å²) in [6.07, 6.45) is 4.77. The number of piperidine rings is 1. The Hall–Kier alpha value is -1.11. The molecule has 2 rings (SSSR count). The van der Waals surface area contributed by atoms with Crippen molar-refractivity contribution in [2.45, 2.75) is 25.3 Å². The maximum Gasteiger partial charge on any atom is 0.271 e. The van der Waals surface area contributed by atoms with Gasteiger partial charge in [0.1, 0.15) is 5.02 Å². The van der Waals surface area contributed by atoms with Gasteiger partial charge >= 0.3 is 0 Å². The Bertz CT molecular complexity index is 480. The Morgan fingerprint density at radius 3 is 3.25 bits per heavy atom. The summed E-state index contributed by atoms with van der Waals surface area (Å²) in [6, 6.07) is 0.312. The fraction of sp³-hybridized carbons (Fsp3) is 0.692. The SMILES string of the molecule is COCCNCC1CCCCN1c1nc[nH]c(=O)c1Cl. The van der Waals surface area contributed by atoms with Gasteiger partial charge in [-0.2, -0.15) is 0 Å². The van der Waals surface area contributed by atoms with Crippen LogP contribution in [-0.2, 0) is 4.74 Å². The molecule has 0 aromatic carbocycles. The van der Waals surface area contributed by atoms with Crippen LogP contribution in [-0.4, -0.2) is 49.4 Å². The lowest BCUT2D eigenvalue weighted by molar-refractivity contribution is 0.198. The Balaban J connectivity index is 2.06. The van der Waals surface area contributed by atoms with E-state index in [1.54, 1.807) is 7.11 Å². The number of hydrogen-bond donors (Lipinski definition) is 2. The van der Waals surface area contributed by atoms with E-state index in [0.29, 0.717) is 18.5 Å². The molecule has 0 radical (unpaired) electrons. The van der Waals surface area contributed by atoms with Gasteiger partial charge in [0, 0.05) is 32.8 Å². The molecule has 6 nitrogen and oxygen atoms in total. The zero-order chi connectivity index (χ0) is 14.4. The molecule has 0 bridgehead atoms. The average Bonchev–Trinajstić information content (AvgIpc) is 2.47. The molecule has 20 heavy (non-hydrogen) atoms. The number of hydrogen-bond acceptors (Lipinski definition) is 5. The summed E-state index contributed by atoms with van der Waals surface area (Å²) in [6.45, 7) is 3.23. The topological polar surface area (TPSA) is 70.2 Å². The number of methoxy groups -OCH3 is 1. The van der Waals surface area contributed by atoms with Gasteiger partial charge in [-0.25, -0.2) is 4.98 Å². The molecule has 0 spiro atoms. The average molecular weight is 301 g/mol. The Morgan fingerprint density at radius 1 is 1.60 bits per heavy atom. The fourth-order valence-electron chi connectivity index (χ4n) is 2.51. The van der Waals surface area contributed by atoms with Crippen molar-refractivity contribution in [2.24, 2.45) is 0 Å². The minimum absolute atomic E-state index is 0.177. The maximum absolute atomic E-state index is 11.6. The van der Waals surface area contributed by atoms with E-state index < -0.39 is 0 Å². The molecule has 7 heteroatoms. The third-order valence-corrected chi connectivity index (χ3v) is 3.88. The van der Waals surface area contributed by atoms with Crippen molar-refractivity contribution >= 4 is 17.4 Å². The molecule has 1 aliphatic heterocycles. The number of aromatic nitrogens is 2. The predicted molar refractivity (Wildman–Crippen MR) is 79.6 cm³/mol. The number of halogens is 1. The molecule has 1 aliphatic rings. The summed E-state index contributed by atoms with van der Waals surface area (Å²) >= 11 is 6.09. The Labute approximate surface area is 123 Å². The molecule has 1 fully saturated rings. The summed E-state index contributed by atoms with van der Waals surface area (Å²) in [4.78, 5) is 20.5. The number of anilines is 1. The van der Waals surface area contributed by atoms with Gasteiger partial charge in [-0.05, 0) is 19.3 Å². The molecule has 112 valence electrons. The molecular weight excluding hydrogens is 280 g/mol.